The summed E-state index contributed by atoms with van der Waals surface area (Å²) in [5.74, 6) is -0.751. The molecule has 0 spiro atoms. The first-order chi connectivity index (χ1) is 6.27. The molecule has 2 rings (SSSR count). The molecular weight excluding hydrogens is 231 g/mol. The SMILES string of the molecule is O=C(O)Cc1c[se]c2ccccc12. The van der Waals surface area contributed by atoms with E-state index < -0.39 is 5.97 Å². The van der Waals surface area contributed by atoms with E-state index in [1.807, 2.05) is 18.2 Å². The molecule has 0 aliphatic heterocycles. The third-order valence-electron chi connectivity index (χ3n) is 1.90. The van der Waals surface area contributed by atoms with Crippen molar-refractivity contribution in [2.45, 2.75) is 6.42 Å². The van der Waals surface area contributed by atoms with E-state index in [2.05, 4.69) is 11.0 Å². The Morgan fingerprint density at radius 1 is 1.38 bits per heavy atom. The van der Waals surface area contributed by atoms with Crippen LogP contribution in [0.4, 0.5) is 0 Å². The van der Waals surface area contributed by atoms with Gasteiger partial charge in [-0.15, -0.1) is 0 Å². The van der Waals surface area contributed by atoms with Crippen LogP contribution in [0.5, 0.6) is 0 Å². The average molecular weight is 239 g/mol. The van der Waals surface area contributed by atoms with Gasteiger partial charge in [0.15, 0.2) is 0 Å². The molecular formula is C10H8O2Se. The van der Waals surface area contributed by atoms with Crippen LogP contribution in [0.2, 0.25) is 0 Å². The zero-order valence-electron chi connectivity index (χ0n) is 6.86. The summed E-state index contributed by atoms with van der Waals surface area (Å²) in [5, 5.41) is 9.80. The number of fused-ring (bicyclic) bond motifs is 1. The Morgan fingerprint density at radius 2 is 2.15 bits per heavy atom. The summed E-state index contributed by atoms with van der Waals surface area (Å²) in [5.41, 5.74) is 0.975. The molecule has 1 heterocycles. The Labute approximate surface area is 81.6 Å². The molecule has 0 aliphatic rings. The molecule has 3 heteroatoms. The fourth-order valence-corrected chi connectivity index (χ4v) is 3.35. The Morgan fingerprint density at radius 3 is 2.92 bits per heavy atom. The number of hydrogen-bond donors (Lipinski definition) is 1. The molecule has 0 aliphatic carbocycles. The van der Waals surface area contributed by atoms with Gasteiger partial charge in [-0.05, 0) is 0 Å². The monoisotopic (exact) mass is 240 g/mol. The molecule has 0 radical (unpaired) electrons. The van der Waals surface area contributed by atoms with Gasteiger partial charge in [0.1, 0.15) is 0 Å². The maximum absolute atomic E-state index is 10.5. The van der Waals surface area contributed by atoms with Gasteiger partial charge in [-0.3, -0.25) is 0 Å². The molecule has 0 unspecified atom stereocenters. The Bertz CT molecular complexity index is 445. The first-order valence-corrected chi connectivity index (χ1v) is 5.79. The van der Waals surface area contributed by atoms with Crippen LogP contribution >= 0.6 is 0 Å². The average Bonchev–Trinajstić information content (AvgIpc) is 2.48. The number of carboxylic acid groups (broad SMARTS) is 1. The Kier molecular flexibility index (Phi) is 2.21. The van der Waals surface area contributed by atoms with Crippen molar-refractivity contribution in [3.63, 3.8) is 0 Å². The minimum absolute atomic E-state index is 0.152. The first-order valence-electron chi connectivity index (χ1n) is 3.94. The van der Waals surface area contributed by atoms with Crippen LogP contribution in [0.15, 0.2) is 29.2 Å². The van der Waals surface area contributed by atoms with Crippen LogP contribution in [-0.2, 0) is 11.2 Å². The van der Waals surface area contributed by atoms with E-state index in [-0.39, 0.29) is 6.42 Å². The quantitative estimate of drug-likeness (QED) is 0.807. The molecule has 0 fully saturated rings. The first kappa shape index (κ1) is 8.54. The summed E-state index contributed by atoms with van der Waals surface area (Å²) in [6.07, 6.45) is 0.152. The molecule has 66 valence electrons. The number of aliphatic carboxylic acids is 1. The molecule has 0 saturated carbocycles. The molecule has 0 bridgehead atoms. The molecule has 13 heavy (non-hydrogen) atoms. The van der Waals surface area contributed by atoms with Crippen molar-refractivity contribution in [1.29, 1.82) is 0 Å². The molecule has 2 nitrogen and oxygen atoms in total. The van der Waals surface area contributed by atoms with Crippen LogP contribution in [-0.4, -0.2) is 25.6 Å². The summed E-state index contributed by atoms with van der Waals surface area (Å²) in [7, 11) is 0. The second-order valence-corrected chi connectivity index (χ2v) is 4.74. The van der Waals surface area contributed by atoms with Crippen LogP contribution in [0.25, 0.3) is 9.65 Å². The molecule has 1 aromatic carbocycles. The normalized spacial score (nSPS) is 10.5. The van der Waals surface area contributed by atoms with E-state index in [0.29, 0.717) is 14.5 Å². The van der Waals surface area contributed by atoms with Crippen molar-refractivity contribution >= 4 is 30.1 Å². The van der Waals surface area contributed by atoms with Gasteiger partial charge in [-0.2, -0.15) is 0 Å². The maximum atomic E-state index is 10.5. The van der Waals surface area contributed by atoms with Crippen molar-refractivity contribution < 1.29 is 9.90 Å². The van der Waals surface area contributed by atoms with Crippen molar-refractivity contribution in [1.82, 2.24) is 0 Å². The Hall–Kier alpha value is -1.05. The molecule has 1 aromatic heterocycles. The van der Waals surface area contributed by atoms with Crippen LogP contribution in [0.1, 0.15) is 5.56 Å². The van der Waals surface area contributed by atoms with Crippen LogP contribution in [0.3, 0.4) is 0 Å². The third kappa shape index (κ3) is 1.67. The van der Waals surface area contributed by atoms with E-state index in [1.54, 1.807) is 0 Å². The number of carboxylic acids is 1. The Balaban J connectivity index is 2.51. The third-order valence-corrected chi connectivity index (χ3v) is 4.03. The van der Waals surface area contributed by atoms with Gasteiger partial charge < -0.3 is 0 Å². The fraction of sp³-hybridized carbons (Fsp3) is 0.100. The van der Waals surface area contributed by atoms with Crippen molar-refractivity contribution in [3.05, 3.63) is 34.8 Å². The van der Waals surface area contributed by atoms with Gasteiger partial charge in [-0.1, -0.05) is 0 Å². The van der Waals surface area contributed by atoms with Crippen molar-refractivity contribution in [2.24, 2.45) is 0 Å². The zero-order chi connectivity index (χ0) is 9.26. The second kappa shape index (κ2) is 3.36. The number of rotatable bonds is 2. The predicted molar refractivity (Wildman–Crippen MR) is 52.2 cm³/mol. The summed E-state index contributed by atoms with van der Waals surface area (Å²) in [6, 6.07) is 8.02. The van der Waals surface area contributed by atoms with E-state index in [1.165, 1.54) is 4.26 Å². The zero-order valence-corrected chi connectivity index (χ0v) is 8.57. The summed E-state index contributed by atoms with van der Waals surface area (Å²) in [6.45, 7) is 0. The molecule has 0 amide bonds. The molecule has 0 atom stereocenters. The molecule has 0 saturated heterocycles. The standard InChI is InChI=1S/C10H8O2Se/c11-10(12)5-7-6-13-9-4-2-1-3-8(7)9/h1-4,6H,5H2,(H,11,12). The van der Waals surface area contributed by atoms with Crippen LogP contribution < -0.4 is 0 Å². The van der Waals surface area contributed by atoms with Gasteiger partial charge in [0.25, 0.3) is 0 Å². The number of hydrogen-bond acceptors (Lipinski definition) is 1. The minimum atomic E-state index is -0.751. The van der Waals surface area contributed by atoms with E-state index in [9.17, 15) is 4.79 Å². The number of benzene rings is 1. The van der Waals surface area contributed by atoms with E-state index >= 15 is 0 Å². The van der Waals surface area contributed by atoms with Crippen LogP contribution in [0, 0.1) is 0 Å². The van der Waals surface area contributed by atoms with E-state index in [0.717, 1.165) is 10.9 Å². The summed E-state index contributed by atoms with van der Waals surface area (Å²) < 4.78 is 1.30. The summed E-state index contributed by atoms with van der Waals surface area (Å²) in [4.78, 5) is 12.6. The fourth-order valence-electron chi connectivity index (χ4n) is 1.33. The van der Waals surface area contributed by atoms with E-state index in [4.69, 9.17) is 5.11 Å². The predicted octanol–water partition coefficient (Wildman–Crippen LogP) is 1.52. The second-order valence-electron chi connectivity index (χ2n) is 2.83. The topological polar surface area (TPSA) is 37.3 Å². The van der Waals surface area contributed by atoms with Gasteiger partial charge >= 0.3 is 81.2 Å². The van der Waals surface area contributed by atoms with Crippen molar-refractivity contribution in [3.8, 4) is 0 Å². The number of carbonyl (C=O) groups is 1. The van der Waals surface area contributed by atoms with Gasteiger partial charge in [0.05, 0.1) is 0 Å². The van der Waals surface area contributed by atoms with Gasteiger partial charge in [0, 0.05) is 0 Å². The van der Waals surface area contributed by atoms with Crippen molar-refractivity contribution in [2.75, 3.05) is 0 Å². The van der Waals surface area contributed by atoms with Gasteiger partial charge in [0.2, 0.25) is 0 Å². The summed E-state index contributed by atoms with van der Waals surface area (Å²) >= 11 is 0.335. The van der Waals surface area contributed by atoms with Gasteiger partial charge in [-0.25, -0.2) is 0 Å². The molecule has 2 aromatic rings. The molecule has 1 N–H and O–H groups in total.